The lowest BCUT2D eigenvalue weighted by molar-refractivity contribution is 0.413. The van der Waals surface area contributed by atoms with Gasteiger partial charge in [0.05, 0.1) is 13.1 Å². The van der Waals surface area contributed by atoms with E-state index in [-0.39, 0.29) is 6.54 Å². The molecular formula is C8H15FN4. The molecule has 4 nitrogen and oxygen atoms in total. The van der Waals surface area contributed by atoms with Gasteiger partial charge in [-0.25, -0.2) is 14.1 Å². The molecule has 0 unspecified atom stereocenters. The molecule has 0 spiro atoms. The molecule has 0 amide bonds. The van der Waals surface area contributed by atoms with Crippen LogP contribution in [0.5, 0.6) is 0 Å². The Kier molecular flexibility index (Phi) is 3.82. The van der Waals surface area contributed by atoms with Crippen LogP contribution in [0.25, 0.3) is 0 Å². The van der Waals surface area contributed by atoms with Crippen molar-refractivity contribution in [3.63, 3.8) is 0 Å². The minimum atomic E-state index is -0.405. The normalized spacial score (nSPS) is 11.1. The van der Waals surface area contributed by atoms with Crippen LogP contribution in [0.1, 0.15) is 19.7 Å². The van der Waals surface area contributed by atoms with Crippen LogP contribution in [0.3, 0.4) is 0 Å². The van der Waals surface area contributed by atoms with E-state index in [1.165, 1.54) is 6.33 Å². The number of aromatic nitrogens is 3. The van der Waals surface area contributed by atoms with Gasteiger partial charge in [-0.05, 0) is 0 Å². The highest BCUT2D eigenvalue weighted by Crippen LogP contribution is 1.94. The number of halogens is 1. The Morgan fingerprint density at radius 2 is 2.38 bits per heavy atom. The first-order valence-electron chi connectivity index (χ1n) is 4.40. The number of nitrogens with one attached hydrogen (secondary N) is 1. The molecule has 1 heterocycles. The maximum atomic E-state index is 12.0. The lowest BCUT2D eigenvalue weighted by Gasteiger charge is -2.07. The molecule has 0 aliphatic heterocycles. The second-order valence-electron chi connectivity index (χ2n) is 3.12. The summed E-state index contributed by atoms with van der Waals surface area (Å²) in [5.74, 6) is 0.784. The van der Waals surface area contributed by atoms with Gasteiger partial charge in [-0.3, -0.25) is 0 Å². The van der Waals surface area contributed by atoms with E-state index in [2.05, 4.69) is 29.2 Å². The molecule has 0 saturated heterocycles. The quantitative estimate of drug-likeness (QED) is 0.737. The molecule has 0 aliphatic rings. The highest BCUT2D eigenvalue weighted by Gasteiger charge is 2.03. The largest absolute Gasteiger partial charge is 0.308 e. The second kappa shape index (κ2) is 4.91. The standard InChI is InChI=1S/C8H15FN4/c1-7(2)10-5-8-11-6-12-13(8)4-3-9/h6-7,10H,3-5H2,1-2H3. The summed E-state index contributed by atoms with van der Waals surface area (Å²) in [6.45, 7) is 4.62. The molecule has 1 rings (SSSR count). The Balaban J connectivity index is 2.49. The highest BCUT2D eigenvalue weighted by molar-refractivity contribution is 4.84. The number of nitrogens with zero attached hydrogens (tertiary/aromatic N) is 3. The fourth-order valence-corrected chi connectivity index (χ4v) is 0.987. The van der Waals surface area contributed by atoms with Crippen LogP contribution in [0, 0.1) is 0 Å². The summed E-state index contributed by atoms with van der Waals surface area (Å²) in [7, 11) is 0. The van der Waals surface area contributed by atoms with Crippen molar-refractivity contribution in [2.75, 3.05) is 6.67 Å². The third kappa shape index (κ3) is 3.10. The van der Waals surface area contributed by atoms with Gasteiger partial charge in [0.2, 0.25) is 0 Å². The summed E-state index contributed by atoms with van der Waals surface area (Å²) in [5.41, 5.74) is 0. The van der Waals surface area contributed by atoms with Crippen molar-refractivity contribution in [2.45, 2.75) is 33.0 Å². The van der Waals surface area contributed by atoms with Gasteiger partial charge < -0.3 is 5.32 Å². The van der Waals surface area contributed by atoms with Gasteiger partial charge in [0.15, 0.2) is 0 Å². The molecule has 1 aromatic heterocycles. The minimum Gasteiger partial charge on any atom is -0.308 e. The molecule has 0 bridgehead atoms. The van der Waals surface area contributed by atoms with E-state index in [9.17, 15) is 4.39 Å². The Labute approximate surface area is 77.2 Å². The lowest BCUT2D eigenvalue weighted by atomic mass is 10.4. The first-order valence-corrected chi connectivity index (χ1v) is 4.40. The van der Waals surface area contributed by atoms with Crippen LogP contribution >= 0.6 is 0 Å². The van der Waals surface area contributed by atoms with Crippen molar-refractivity contribution in [3.05, 3.63) is 12.2 Å². The zero-order chi connectivity index (χ0) is 9.68. The van der Waals surface area contributed by atoms with Crippen molar-refractivity contribution in [2.24, 2.45) is 0 Å². The Bertz CT molecular complexity index is 246. The van der Waals surface area contributed by atoms with Crippen LogP contribution in [0.2, 0.25) is 0 Å². The molecule has 0 aromatic carbocycles. The number of rotatable bonds is 5. The van der Waals surface area contributed by atoms with Gasteiger partial charge in [-0.2, -0.15) is 5.10 Å². The predicted molar refractivity (Wildman–Crippen MR) is 48.0 cm³/mol. The summed E-state index contributed by atoms with van der Waals surface area (Å²) in [6, 6.07) is 0.399. The van der Waals surface area contributed by atoms with Crippen LogP contribution in [-0.4, -0.2) is 27.5 Å². The van der Waals surface area contributed by atoms with E-state index < -0.39 is 6.67 Å². The molecule has 0 radical (unpaired) electrons. The summed E-state index contributed by atoms with van der Waals surface area (Å²) >= 11 is 0. The average Bonchev–Trinajstić information content (AvgIpc) is 2.49. The zero-order valence-electron chi connectivity index (χ0n) is 8.00. The number of aryl methyl sites for hydroxylation is 1. The van der Waals surface area contributed by atoms with Gasteiger partial charge in [0.25, 0.3) is 0 Å². The molecule has 5 heteroatoms. The van der Waals surface area contributed by atoms with Crippen LogP contribution < -0.4 is 5.32 Å². The number of hydrogen-bond acceptors (Lipinski definition) is 3. The molecule has 1 N–H and O–H groups in total. The van der Waals surface area contributed by atoms with Gasteiger partial charge in [0.1, 0.15) is 18.8 Å². The first kappa shape index (κ1) is 10.1. The molecule has 13 heavy (non-hydrogen) atoms. The van der Waals surface area contributed by atoms with Crippen molar-refractivity contribution < 1.29 is 4.39 Å². The van der Waals surface area contributed by atoms with Crippen molar-refractivity contribution in [1.82, 2.24) is 20.1 Å². The van der Waals surface area contributed by atoms with Crippen molar-refractivity contribution >= 4 is 0 Å². The highest BCUT2D eigenvalue weighted by atomic mass is 19.1. The van der Waals surface area contributed by atoms with E-state index in [1.54, 1.807) is 4.68 Å². The molecule has 1 aromatic rings. The molecule has 0 atom stereocenters. The fourth-order valence-electron chi connectivity index (χ4n) is 0.987. The Hall–Kier alpha value is -0.970. The van der Waals surface area contributed by atoms with Crippen LogP contribution in [0.4, 0.5) is 4.39 Å². The van der Waals surface area contributed by atoms with E-state index in [0.29, 0.717) is 12.6 Å². The van der Waals surface area contributed by atoms with Crippen LogP contribution in [0.15, 0.2) is 6.33 Å². The third-order valence-electron chi connectivity index (χ3n) is 1.66. The van der Waals surface area contributed by atoms with Gasteiger partial charge >= 0.3 is 0 Å². The number of alkyl halides is 1. The second-order valence-corrected chi connectivity index (χ2v) is 3.12. The SMILES string of the molecule is CC(C)NCc1ncnn1CCF. The zero-order valence-corrected chi connectivity index (χ0v) is 8.00. The van der Waals surface area contributed by atoms with Gasteiger partial charge in [-0.1, -0.05) is 13.8 Å². The summed E-state index contributed by atoms with van der Waals surface area (Å²) in [4.78, 5) is 4.03. The average molecular weight is 186 g/mol. The first-order chi connectivity index (χ1) is 6.24. The van der Waals surface area contributed by atoms with Gasteiger partial charge in [0, 0.05) is 6.04 Å². The monoisotopic (exact) mass is 186 g/mol. The fraction of sp³-hybridized carbons (Fsp3) is 0.750. The summed E-state index contributed by atoms with van der Waals surface area (Å²) in [5, 5.41) is 7.11. The topological polar surface area (TPSA) is 42.7 Å². The third-order valence-corrected chi connectivity index (χ3v) is 1.66. The summed E-state index contributed by atoms with van der Waals surface area (Å²) < 4.78 is 13.6. The van der Waals surface area contributed by atoms with Gasteiger partial charge in [-0.15, -0.1) is 0 Å². The smallest absolute Gasteiger partial charge is 0.140 e. The maximum Gasteiger partial charge on any atom is 0.140 e. The van der Waals surface area contributed by atoms with E-state index in [4.69, 9.17) is 0 Å². The van der Waals surface area contributed by atoms with Crippen LogP contribution in [-0.2, 0) is 13.1 Å². The van der Waals surface area contributed by atoms with Crippen molar-refractivity contribution in [1.29, 1.82) is 0 Å². The Morgan fingerprint density at radius 1 is 1.62 bits per heavy atom. The Morgan fingerprint density at radius 3 is 3.00 bits per heavy atom. The molecule has 0 fully saturated rings. The summed E-state index contributed by atoms with van der Waals surface area (Å²) in [6.07, 6.45) is 1.45. The molecule has 0 saturated carbocycles. The maximum absolute atomic E-state index is 12.0. The van der Waals surface area contributed by atoms with E-state index in [0.717, 1.165) is 5.82 Å². The molecule has 74 valence electrons. The van der Waals surface area contributed by atoms with Crippen molar-refractivity contribution in [3.8, 4) is 0 Å². The lowest BCUT2D eigenvalue weighted by Crippen LogP contribution is -2.24. The van der Waals surface area contributed by atoms with E-state index >= 15 is 0 Å². The minimum absolute atomic E-state index is 0.287. The van der Waals surface area contributed by atoms with E-state index in [1.807, 2.05) is 0 Å². The molecular weight excluding hydrogens is 171 g/mol. The molecule has 0 aliphatic carbocycles. The number of hydrogen-bond donors (Lipinski definition) is 1. The predicted octanol–water partition coefficient (Wildman–Crippen LogP) is 0.746.